The molecule has 0 amide bonds. The van der Waals surface area contributed by atoms with E-state index in [0.717, 1.165) is 12.1 Å². The van der Waals surface area contributed by atoms with Gasteiger partial charge in [-0.2, -0.15) is 0 Å². The lowest BCUT2D eigenvalue weighted by Gasteiger charge is -2.05. The molecule has 0 aliphatic carbocycles. The van der Waals surface area contributed by atoms with Crippen LogP contribution in [0.15, 0.2) is 41.1 Å². The molecule has 6 heteroatoms. The molecular weight excluding hydrogens is 236 g/mol. The first-order chi connectivity index (χ1) is 7.49. The van der Waals surface area contributed by atoms with Gasteiger partial charge >= 0.3 is 0 Å². The maximum absolute atomic E-state index is 12.8. The Balaban J connectivity index is 3.03. The molecule has 1 aromatic rings. The first-order valence-corrected chi connectivity index (χ1v) is 6.11. The molecule has 3 nitrogen and oxygen atoms in total. The van der Waals surface area contributed by atoms with Gasteiger partial charge in [0.05, 0.1) is 17.0 Å². The van der Waals surface area contributed by atoms with Crippen LogP contribution in [0, 0.1) is 5.82 Å². The van der Waals surface area contributed by atoms with E-state index in [1.807, 2.05) is 0 Å². The van der Waals surface area contributed by atoms with E-state index in [1.54, 1.807) is 0 Å². The molecule has 0 aliphatic heterocycles. The maximum atomic E-state index is 12.8. The number of rotatable bonds is 4. The lowest BCUT2D eigenvalue weighted by Crippen LogP contribution is -2.15. The zero-order valence-electron chi connectivity index (χ0n) is 8.36. The topological polar surface area (TPSA) is 60.2 Å². The quantitative estimate of drug-likeness (QED) is 0.875. The monoisotopic (exact) mass is 247 g/mol. The average Bonchev–Trinajstić information content (AvgIpc) is 2.26. The third-order valence-electron chi connectivity index (χ3n) is 1.95. The van der Waals surface area contributed by atoms with E-state index in [2.05, 4.69) is 0 Å². The summed E-state index contributed by atoms with van der Waals surface area (Å²) in [5, 5.41) is 0. The van der Waals surface area contributed by atoms with Crippen LogP contribution in [0.2, 0.25) is 0 Å². The summed E-state index contributed by atoms with van der Waals surface area (Å²) in [6, 6.07) is 4.56. The lowest BCUT2D eigenvalue weighted by molar-refractivity contribution is 0.591. The Bertz CT molecular complexity index is 497. The van der Waals surface area contributed by atoms with Gasteiger partial charge in [0.15, 0.2) is 9.84 Å². The summed E-state index contributed by atoms with van der Waals surface area (Å²) in [6.07, 6.45) is 0.164. The Kier molecular flexibility index (Phi) is 4.14. The lowest BCUT2D eigenvalue weighted by atomic mass is 10.3. The van der Waals surface area contributed by atoms with Crippen LogP contribution in [0.25, 0.3) is 0 Å². The Morgan fingerprint density at radius 1 is 1.44 bits per heavy atom. The van der Waals surface area contributed by atoms with E-state index in [9.17, 15) is 17.2 Å². The predicted octanol–water partition coefficient (Wildman–Crippen LogP) is 1.41. The number of hydrogen-bond acceptors (Lipinski definition) is 3. The predicted molar refractivity (Wildman–Crippen MR) is 56.7 cm³/mol. The summed E-state index contributed by atoms with van der Waals surface area (Å²) in [7, 11) is -3.73. The number of halogens is 2. The second-order valence-corrected chi connectivity index (χ2v) is 5.18. The molecule has 0 spiro atoms. The molecule has 0 fully saturated rings. The van der Waals surface area contributed by atoms with Crippen molar-refractivity contribution in [1.82, 2.24) is 0 Å². The van der Waals surface area contributed by atoms with E-state index < -0.39 is 21.4 Å². The summed E-state index contributed by atoms with van der Waals surface area (Å²) in [4.78, 5) is -0.180. The normalized spacial score (nSPS) is 12.8. The molecule has 88 valence electrons. The fraction of sp³-hybridized carbons (Fsp3) is 0.200. The highest BCUT2D eigenvalue weighted by molar-refractivity contribution is 7.91. The number of nitrogens with two attached hydrogens (primary N) is 1. The first kappa shape index (κ1) is 12.8. The van der Waals surface area contributed by atoms with Crippen LogP contribution in [0.4, 0.5) is 8.78 Å². The average molecular weight is 247 g/mol. The highest BCUT2D eigenvalue weighted by Crippen LogP contribution is 2.14. The van der Waals surface area contributed by atoms with Gasteiger partial charge in [0.25, 0.3) is 0 Å². The molecule has 0 saturated carbocycles. The Labute approximate surface area is 92.5 Å². The standard InChI is InChI=1S/C10H11F2NO2S/c11-5-8(6-13)7-16(14,15)10-3-1-2-9(12)4-10/h1-5H,6-7,13H2/b8-5+. The summed E-state index contributed by atoms with van der Waals surface area (Å²) < 4.78 is 48.4. The van der Waals surface area contributed by atoms with Gasteiger partial charge in [-0.25, -0.2) is 17.2 Å². The Hall–Kier alpha value is -1.27. The highest BCUT2D eigenvalue weighted by Gasteiger charge is 2.16. The van der Waals surface area contributed by atoms with E-state index in [-0.39, 0.29) is 23.3 Å². The SMILES string of the molecule is NC/C(=C\F)CS(=O)(=O)c1cccc(F)c1. The molecule has 0 saturated heterocycles. The molecule has 1 aromatic carbocycles. The maximum Gasteiger partial charge on any atom is 0.182 e. The van der Waals surface area contributed by atoms with Crippen molar-refractivity contribution < 1.29 is 17.2 Å². The van der Waals surface area contributed by atoms with Gasteiger partial charge in [-0.1, -0.05) is 6.07 Å². The van der Waals surface area contributed by atoms with Crippen molar-refractivity contribution in [1.29, 1.82) is 0 Å². The van der Waals surface area contributed by atoms with Crippen LogP contribution in [0.1, 0.15) is 0 Å². The van der Waals surface area contributed by atoms with Crippen LogP contribution in [-0.2, 0) is 9.84 Å². The third-order valence-corrected chi connectivity index (χ3v) is 3.67. The minimum absolute atomic E-state index is 0.0516. The smallest absolute Gasteiger partial charge is 0.182 e. The molecule has 0 bridgehead atoms. The molecular formula is C10H11F2NO2S. The molecule has 0 atom stereocenters. The van der Waals surface area contributed by atoms with Gasteiger partial charge in [-0.05, 0) is 23.8 Å². The number of benzene rings is 1. The van der Waals surface area contributed by atoms with Crippen LogP contribution >= 0.6 is 0 Å². The Morgan fingerprint density at radius 2 is 2.12 bits per heavy atom. The second kappa shape index (κ2) is 5.18. The molecule has 0 aliphatic rings. The number of sulfone groups is 1. The van der Waals surface area contributed by atoms with E-state index in [0.29, 0.717) is 0 Å². The summed E-state index contributed by atoms with van der Waals surface area (Å²) in [6.45, 7) is -0.189. The minimum atomic E-state index is -3.73. The van der Waals surface area contributed by atoms with Crippen molar-refractivity contribution >= 4 is 9.84 Å². The fourth-order valence-corrected chi connectivity index (χ4v) is 2.54. The summed E-state index contributed by atoms with van der Waals surface area (Å²) >= 11 is 0. The molecule has 2 N–H and O–H groups in total. The van der Waals surface area contributed by atoms with E-state index in [1.165, 1.54) is 12.1 Å². The first-order valence-electron chi connectivity index (χ1n) is 4.46. The minimum Gasteiger partial charge on any atom is -0.327 e. The van der Waals surface area contributed by atoms with Crippen molar-refractivity contribution in [2.45, 2.75) is 4.90 Å². The van der Waals surface area contributed by atoms with Crippen LogP contribution < -0.4 is 5.73 Å². The largest absolute Gasteiger partial charge is 0.327 e. The van der Waals surface area contributed by atoms with Crippen molar-refractivity contribution in [3.05, 3.63) is 42.0 Å². The van der Waals surface area contributed by atoms with Gasteiger partial charge < -0.3 is 5.73 Å². The van der Waals surface area contributed by atoms with Gasteiger partial charge in [-0.15, -0.1) is 0 Å². The molecule has 16 heavy (non-hydrogen) atoms. The second-order valence-electron chi connectivity index (χ2n) is 3.19. The van der Waals surface area contributed by atoms with Gasteiger partial charge in [-0.3, -0.25) is 0 Å². The van der Waals surface area contributed by atoms with Crippen molar-refractivity contribution in [3.8, 4) is 0 Å². The molecule has 0 heterocycles. The summed E-state index contributed by atoms with van der Waals surface area (Å²) in [5.41, 5.74) is 5.10. The van der Waals surface area contributed by atoms with Crippen LogP contribution in [0.5, 0.6) is 0 Å². The Morgan fingerprint density at radius 3 is 2.62 bits per heavy atom. The van der Waals surface area contributed by atoms with Gasteiger partial charge in [0, 0.05) is 6.54 Å². The number of hydrogen-bond donors (Lipinski definition) is 1. The van der Waals surface area contributed by atoms with Crippen LogP contribution in [0.3, 0.4) is 0 Å². The van der Waals surface area contributed by atoms with E-state index >= 15 is 0 Å². The van der Waals surface area contributed by atoms with Crippen molar-refractivity contribution in [2.24, 2.45) is 5.73 Å². The zero-order chi connectivity index (χ0) is 12.2. The molecule has 0 aromatic heterocycles. The van der Waals surface area contributed by atoms with Crippen molar-refractivity contribution in [3.63, 3.8) is 0 Å². The fourth-order valence-electron chi connectivity index (χ4n) is 1.12. The van der Waals surface area contributed by atoms with Crippen LogP contribution in [-0.4, -0.2) is 20.7 Å². The van der Waals surface area contributed by atoms with Gasteiger partial charge in [0.2, 0.25) is 0 Å². The summed E-state index contributed by atoms with van der Waals surface area (Å²) in [5.74, 6) is -1.19. The molecule has 0 radical (unpaired) electrons. The third kappa shape index (κ3) is 3.11. The van der Waals surface area contributed by atoms with Crippen molar-refractivity contribution in [2.75, 3.05) is 12.3 Å². The van der Waals surface area contributed by atoms with E-state index in [4.69, 9.17) is 5.73 Å². The highest BCUT2D eigenvalue weighted by atomic mass is 32.2. The van der Waals surface area contributed by atoms with Gasteiger partial charge in [0.1, 0.15) is 5.82 Å². The zero-order valence-corrected chi connectivity index (χ0v) is 9.18. The molecule has 1 rings (SSSR count). The molecule has 0 unspecified atom stereocenters.